The molecular weight excluding hydrogens is 284 g/mol. The third kappa shape index (κ3) is 2.72. The number of aldehydes is 1. The zero-order chi connectivity index (χ0) is 8.97. The van der Waals surface area contributed by atoms with Gasteiger partial charge >= 0.3 is 0 Å². The van der Waals surface area contributed by atoms with Crippen LogP contribution in [-0.2, 0) is 11.2 Å². The van der Waals surface area contributed by atoms with Crippen LogP contribution in [0.15, 0.2) is 27.1 Å². The second-order valence-electron chi connectivity index (χ2n) is 2.44. The van der Waals surface area contributed by atoms with Crippen molar-refractivity contribution < 1.29 is 4.79 Å². The molecule has 3 heteroatoms. The second kappa shape index (κ2) is 4.77. The van der Waals surface area contributed by atoms with E-state index in [2.05, 4.69) is 31.9 Å². The summed E-state index contributed by atoms with van der Waals surface area (Å²) in [7, 11) is 0. The van der Waals surface area contributed by atoms with Gasteiger partial charge in [-0.1, -0.05) is 37.9 Å². The van der Waals surface area contributed by atoms with E-state index in [4.69, 9.17) is 0 Å². The smallest absolute Gasteiger partial charge is 0.120 e. The molecule has 0 amide bonds. The fourth-order valence-corrected chi connectivity index (χ4v) is 2.18. The van der Waals surface area contributed by atoms with Crippen molar-refractivity contribution in [3.8, 4) is 0 Å². The molecule has 1 nitrogen and oxygen atoms in total. The molecule has 0 unspecified atom stereocenters. The molecule has 1 aromatic rings. The number of hydrogen-bond acceptors (Lipinski definition) is 1. The number of benzene rings is 1. The molecule has 0 N–H and O–H groups in total. The van der Waals surface area contributed by atoms with Crippen molar-refractivity contribution in [2.45, 2.75) is 12.8 Å². The van der Waals surface area contributed by atoms with Gasteiger partial charge in [-0.05, 0) is 24.1 Å². The molecule has 0 saturated heterocycles. The summed E-state index contributed by atoms with van der Waals surface area (Å²) < 4.78 is 2.10. The maximum absolute atomic E-state index is 10.1. The van der Waals surface area contributed by atoms with Gasteiger partial charge in [-0.3, -0.25) is 0 Å². The monoisotopic (exact) mass is 290 g/mol. The van der Waals surface area contributed by atoms with Crippen LogP contribution in [0.2, 0.25) is 0 Å². The second-order valence-corrected chi connectivity index (χ2v) is 4.21. The van der Waals surface area contributed by atoms with E-state index in [0.717, 1.165) is 21.7 Å². The van der Waals surface area contributed by atoms with Crippen LogP contribution in [0.3, 0.4) is 0 Å². The van der Waals surface area contributed by atoms with Crippen molar-refractivity contribution in [2.75, 3.05) is 0 Å². The van der Waals surface area contributed by atoms with E-state index in [-0.39, 0.29) is 0 Å². The summed E-state index contributed by atoms with van der Waals surface area (Å²) >= 11 is 6.80. The normalized spacial score (nSPS) is 9.83. The van der Waals surface area contributed by atoms with Crippen LogP contribution in [0.25, 0.3) is 0 Å². The van der Waals surface area contributed by atoms with E-state index < -0.39 is 0 Å². The van der Waals surface area contributed by atoms with Gasteiger partial charge in [-0.25, -0.2) is 0 Å². The molecule has 0 spiro atoms. The van der Waals surface area contributed by atoms with Crippen molar-refractivity contribution in [1.29, 1.82) is 0 Å². The van der Waals surface area contributed by atoms with Crippen LogP contribution in [0, 0.1) is 0 Å². The number of hydrogen-bond donors (Lipinski definition) is 0. The maximum Gasteiger partial charge on any atom is 0.120 e. The quantitative estimate of drug-likeness (QED) is 0.781. The highest BCUT2D eigenvalue weighted by Gasteiger charge is 1.99. The average Bonchev–Trinajstić information content (AvgIpc) is 2.03. The van der Waals surface area contributed by atoms with Gasteiger partial charge in [0.05, 0.1) is 0 Å². The summed E-state index contributed by atoms with van der Waals surface area (Å²) in [6.45, 7) is 0. The van der Waals surface area contributed by atoms with Gasteiger partial charge in [0, 0.05) is 15.4 Å². The lowest BCUT2D eigenvalue weighted by Gasteiger charge is -2.01. The first kappa shape index (κ1) is 9.93. The SMILES string of the molecule is O=CCCc1ccc(Br)cc1Br. The van der Waals surface area contributed by atoms with Gasteiger partial charge in [0.2, 0.25) is 0 Å². The zero-order valence-electron chi connectivity index (χ0n) is 6.39. The molecule has 0 atom stereocenters. The Morgan fingerprint density at radius 3 is 2.67 bits per heavy atom. The lowest BCUT2D eigenvalue weighted by molar-refractivity contribution is -0.107. The van der Waals surface area contributed by atoms with E-state index in [1.54, 1.807) is 0 Å². The van der Waals surface area contributed by atoms with Gasteiger partial charge in [-0.15, -0.1) is 0 Å². The fraction of sp³-hybridized carbons (Fsp3) is 0.222. The molecule has 0 heterocycles. The Labute approximate surface area is 88.4 Å². The minimum absolute atomic E-state index is 0.584. The van der Waals surface area contributed by atoms with Gasteiger partial charge in [0.1, 0.15) is 6.29 Å². The molecule has 0 aliphatic carbocycles. The van der Waals surface area contributed by atoms with Crippen LogP contribution in [0.5, 0.6) is 0 Å². The predicted octanol–water partition coefficient (Wildman–Crippen LogP) is 3.34. The number of carbonyl (C=O) groups excluding carboxylic acids is 1. The summed E-state index contributed by atoms with van der Waals surface area (Å²) in [5, 5.41) is 0. The Morgan fingerprint density at radius 2 is 2.08 bits per heavy atom. The molecule has 1 aromatic carbocycles. The van der Waals surface area contributed by atoms with Crippen molar-refractivity contribution in [3.63, 3.8) is 0 Å². The van der Waals surface area contributed by atoms with E-state index in [1.165, 1.54) is 5.56 Å². The van der Waals surface area contributed by atoms with Crippen molar-refractivity contribution in [3.05, 3.63) is 32.7 Å². The third-order valence-corrected chi connectivity index (χ3v) is 2.78. The summed E-state index contributed by atoms with van der Waals surface area (Å²) in [6, 6.07) is 5.97. The van der Waals surface area contributed by atoms with Crippen molar-refractivity contribution in [1.82, 2.24) is 0 Å². The van der Waals surface area contributed by atoms with Crippen LogP contribution in [-0.4, -0.2) is 6.29 Å². The number of rotatable bonds is 3. The summed E-state index contributed by atoms with van der Waals surface area (Å²) in [6.07, 6.45) is 2.33. The van der Waals surface area contributed by atoms with Gasteiger partial charge < -0.3 is 4.79 Å². The lowest BCUT2D eigenvalue weighted by atomic mass is 10.1. The first-order chi connectivity index (χ1) is 5.74. The fourth-order valence-electron chi connectivity index (χ4n) is 0.939. The maximum atomic E-state index is 10.1. The van der Waals surface area contributed by atoms with Crippen LogP contribution in [0.1, 0.15) is 12.0 Å². The Morgan fingerprint density at radius 1 is 1.33 bits per heavy atom. The van der Waals surface area contributed by atoms with E-state index >= 15 is 0 Å². The van der Waals surface area contributed by atoms with E-state index in [1.807, 2.05) is 18.2 Å². The minimum atomic E-state index is 0.584. The lowest BCUT2D eigenvalue weighted by Crippen LogP contribution is -1.87. The Balaban J connectivity index is 2.78. The molecule has 1 rings (SSSR count). The third-order valence-electron chi connectivity index (χ3n) is 1.55. The number of halogens is 2. The van der Waals surface area contributed by atoms with Gasteiger partial charge in [0.15, 0.2) is 0 Å². The Kier molecular flexibility index (Phi) is 3.95. The van der Waals surface area contributed by atoms with Gasteiger partial charge in [0.25, 0.3) is 0 Å². The Hall–Kier alpha value is -0.150. The minimum Gasteiger partial charge on any atom is -0.303 e. The molecule has 64 valence electrons. The molecule has 0 aromatic heterocycles. The molecule has 0 saturated carbocycles. The summed E-state index contributed by atoms with van der Waals surface area (Å²) in [5.41, 5.74) is 1.17. The van der Waals surface area contributed by atoms with Crippen LogP contribution in [0.4, 0.5) is 0 Å². The largest absolute Gasteiger partial charge is 0.303 e. The molecular formula is C9H8Br2O. The molecule has 0 aliphatic heterocycles. The van der Waals surface area contributed by atoms with E-state index in [0.29, 0.717) is 6.42 Å². The van der Waals surface area contributed by atoms with Crippen molar-refractivity contribution >= 4 is 38.1 Å². The topological polar surface area (TPSA) is 17.1 Å². The molecule has 0 bridgehead atoms. The first-order valence-corrected chi connectivity index (χ1v) is 5.20. The average molecular weight is 292 g/mol. The summed E-state index contributed by atoms with van der Waals surface area (Å²) in [4.78, 5) is 10.1. The molecule has 0 fully saturated rings. The van der Waals surface area contributed by atoms with Crippen LogP contribution >= 0.6 is 31.9 Å². The molecule has 0 radical (unpaired) electrons. The van der Waals surface area contributed by atoms with E-state index in [9.17, 15) is 4.79 Å². The van der Waals surface area contributed by atoms with Crippen molar-refractivity contribution in [2.24, 2.45) is 0 Å². The predicted molar refractivity (Wildman–Crippen MR) is 56.2 cm³/mol. The first-order valence-electron chi connectivity index (χ1n) is 3.61. The molecule has 0 aliphatic rings. The standard InChI is InChI=1S/C9H8Br2O/c10-8-4-3-7(2-1-5-12)9(11)6-8/h3-6H,1-2H2. The molecule has 12 heavy (non-hydrogen) atoms. The highest BCUT2D eigenvalue weighted by molar-refractivity contribution is 9.11. The van der Waals surface area contributed by atoms with Crippen LogP contribution < -0.4 is 0 Å². The number of aryl methyl sites for hydroxylation is 1. The highest BCUT2D eigenvalue weighted by atomic mass is 79.9. The zero-order valence-corrected chi connectivity index (χ0v) is 9.56. The summed E-state index contributed by atoms with van der Waals surface area (Å²) in [5.74, 6) is 0. The highest BCUT2D eigenvalue weighted by Crippen LogP contribution is 2.22. The number of carbonyl (C=O) groups is 1. The van der Waals surface area contributed by atoms with Gasteiger partial charge in [-0.2, -0.15) is 0 Å². The Bertz CT molecular complexity index is 284.